The summed E-state index contributed by atoms with van der Waals surface area (Å²) in [5.74, 6) is -1.26. The number of amides is 2. The van der Waals surface area contributed by atoms with E-state index in [1.165, 1.54) is 11.1 Å². The van der Waals surface area contributed by atoms with E-state index < -0.39 is 12.1 Å². The second kappa shape index (κ2) is 11.4. The molecule has 0 bridgehead atoms. The minimum absolute atomic E-state index is 0.00145. The molecule has 1 fully saturated rings. The standard InChI is InChI=1S/C28H34N2O5/c1-2-19(15-26(31)32)30-27(33)20-10-4-3-9-18(20)16-29-28(34)35-17-25-23-13-7-5-11-21(23)22-12-6-8-14-24(22)25/h5-8,11-14,18-20,25H,2-4,9-10,15-17H2,1H3,(H,29,34)(H,30,33)(H,31,32)/t18-,19+,20-/m1/s1. The third kappa shape index (κ3) is 5.84. The Balaban J connectivity index is 1.31. The highest BCUT2D eigenvalue weighted by Crippen LogP contribution is 2.44. The van der Waals surface area contributed by atoms with Crippen LogP contribution in [0.2, 0.25) is 0 Å². The smallest absolute Gasteiger partial charge is 0.407 e. The number of carbonyl (C=O) groups excluding carboxylic acids is 2. The summed E-state index contributed by atoms with van der Waals surface area (Å²) in [7, 11) is 0. The average Bonchev–Trinajstić information content (AvgIpc) is 3.19. The zero-order valence-corrected chi connectivity index (χ0v) is 20.2. The van der Waals surface area contributed by atoms with Crippen LogP contribution in [0.5, 0.6) is 0 Å². The fraction of sp³-hybridized carbons (Fsp3) is 0.464. The molecule has 0 aliphatic heterocycles. The van der Waals surface area contributed by atoms with Crippen LogP contribution in [0, 0.1) is 11.8 Å². The summed E-state index contributed by atoms with van der Waals surface area (Å²) in [6, 6.07) is 16.0. The van der Waals surface area contributed by atoms with Crippen molar-refractivity contribution in [1.29, 1.82) is 0 Å². The van der Waals surface area contributed by atoms with Gasteiger partial charge in [0.2, 0.25) is 5.91 Å². The van der Waals surface area contributed by atoms with Crippen molar-refractivity contribution in [3.63, 3.8) is 0 Å². The first kappa shape index (κ1) is 24.8. The van der Waals surface area contributed by atoms with Gasteiger partial charge < -0.3 is 20.5 Å². The third-order valence-electron chi connectivity index (χ3n) is 7.36. The summed E-state index contributed by atoms with van der Waals surface area (Å²) in [6.07, 6.45) is 3.55. The zero-order valence-electron chi connectivity index (χ0n) is 20.2. The van der Waals surface area contributed by atoms with Gasteiger partial charge in [-0.25, -0.2) is 4.79 Å². The number of carboxylic acids is 1. The number of carbonyl (C=O) groups is 3. The van der Waals surface area contributed by atoms with Gasteiger partial charge in [0.1, 0.15) is 6.61 Å². The molecule has 0 radical (unpaired) electrons. The minimum Gasteiger partial charge on any atom is -0.481 e. The van der Waals surface area contributed by atoms with Gasteiger partial charge in [0.25, 0.3) is 0 Å². The molecule has 0 unspecified atom stereocenters. The predicted octanol–water partition coefficient (Wildman–Crippen LogP) is 4.70. The normalized spacial score (nSPS) is 19.8. The zero-order chi connectivity index (χ0) is 24.8. The summed E-state index contributed by atoms with van der Waals surface area (Å²) in [5.41, 5.74) is 4.69. The van der Waals surface area contributed by atoms with Gasteiger partial charge >= 0.3 is 12.1 Å². The summed E-state index contributed by atoms with van der Waals surface area (Å²) in [6.45, 7) is 2.48. The number of ether oxygens (including phenoxy) is 1. The lowest BCUT2D eigenvalue weighted by Crippen LogP contribution is -2.45. The first-order valence-electron chi connectivity index (χ1n) is 12.6. The summed E-state index contributed by atoms with van der Waals surface area (Å²) < 4.78 is 5.64. The Bertz CT molecular complexity index is 1020. The van der Waals surface area contributed by atoms with Crippen LogP contribution in [0.4, 0.5) is 4.79 Å². The molecule has 2 aromatic rings. The van der Waals surface area contributed by atoms with Crippen molar-refractivity contribution in [2.75, 3.05) is 13.2 Å². The van der Waals surface area contributed by atoms with Crippen molar-refractivity contribution in [3.05, 3.63) is 59.7 Å². The number of alkyl carbamates (subject to hydrolysis) is 1. The van der Waals surface area contributed by atoms with Crippen LogP contribution in [0.15, 0.2) is 48.5 Å². The van der Waals surface area contributed by atoms with E-state index in [9.17, 15) is 14.4 Å². The number of benzene rings is 2. The van der Waals surface area contributed by atoms with E-state index in [2.05, 4.69) is 34.9 Å². The number of carboxylic acid groups (broad SMARTS) is 1. The third-order valence-corrected chi connectivity index (χ3v) is 7.36. The van der Waals surface area contributed by atoms with Crippen molar-refractivity contribution < 1.29 is 24.2 Å². The van der Waals surface area contributed by atoms with Gasteiger partial charge in [0, 0.05) is 24.4 Å². The Labute approximate surface area is 206 Å². The molecule has 7 nitrogen and oxygen atoms in total. The van der Waals surface area contributed by atoms with Gasteiger partial charge in [-0.3, -0.25) is 9.59 Å². The second-order valence-corrected chi connectivity index (χ2v) is 9.57. The van der Waals surface area contributed by atoms with E-state index in [-0.39, 0.29) is 42.7 Å². The number of fused-ring (bicyclic) bond motifs is 3. The van der Waals surface area contributed by atoms with Crippen LogP contribution >= 0.6 is 0 Å². The predicted molar refractivity (Wildman–Crippen MR) is 133 cm³/mol. The number of aliphatic carboxylic acids is 1. The average molecular weight is 479 g/mol. The molecule has 4 rings (SSSR count). The molecule has 2 aliphatic rings. The molecular formula is C28H34N2O5. The largest absolute Gasteiger partial charge is 0.481 e. The van der Waals surface area contributed by atoms with E-state index in [1.807, 2.05) is 31.2 Å². The molecule has 186 valence electrons. The fourth-order valence-corrected chi connectivity index (χ4v) is 5.48. The first-order chi connectivity index (χ1) is 17.0. The van der Waals surface area contributed by atoms with Crippen molar-refractivity contribution in [3.8, 4) is 11.1 Å². The van der Waals surface area contributed by atoms with Gasteiger partial charge in [-0.2, -0.15) is 0 Å². The fourth-order valence-electron chi connectivity index (χ4n) is 5.48. The lowest BCUT2D eigenvalue weighted by Gasteiger charge is -2.31. The van der Waals surface area contributed by atoms with Crippen molar-refractivity contribution in [1.82, 2.24) is 10.6 Å². The molecule has 0 saturated heterocycles. The van der Waals surface area contributed by atoms with Crippen LogP contribution in [-0.4, -0.2) is 42.3 Å². The van der Waals surface area contributed by atoms with Gasteiger partial charge in [-0.15, -0.1) is 0 Å². The molecule has 1 saturated carbocycles. The van der Waals surface area contributed by atoms with Crippen molar-refractivity contribution >= 4 is 18.0 Å². The highest BCUT2D eigenvalue weighted by Gasteiger charge is 2.33. The Morgan fingerprint density at radius 2 is 1.63 bits per heavy atom. The van der Waals surface area contributed by atoms with E-state index in [1.54, 1.807) is 0 Å². The molecule has 0 aromatic heterocycles. The van der Waals surface area contributed by atoms with Crippen LogP contribution < -0.4 is 10.6 Å². The maximum Gasteiger partial charge on any atom is 0.407 e. The molecule has 3 atom stereocenters. The molecule has 2 aromatic carbocycles. The highest BCUT2D eigenvalue weighted by atomic mass is 16.5. The quantitative estimate of drug-likeness (QED) is 0.485. The number of hydrogen-bond donors (Lipinski definition) is 3. The van der Waals surface area contributed by atoms with E-state index in [4.69, 9.17) is 9.84 Å². The van der Waals surface area contributed by atoms with Gasteiger partial charge in [0.15, 0.2) is 0 Å². The monoisotopic (exact) mass is 478 g/mol. The summed E-state index contributed by atoms with van der Waals surface area (Å²) in [5, 5.41) is 14.8. The van der Waals surface area contributed by atoms with E-state index in [0.717, 1.165) is 36.8 Å². The van der Waals surface area contributed by atoms with Crippen LogP contribution in [0.25, 0.3) is 11.1 Å². The van der Waals surface area contributed by atoms with Gasteiger partial charge in [-0.05, 0) is 47.4 Å². The second-order valence-electron chi connectivity index (χ2n) is 9.57. The Kier molecular flexibility index (Phi) is 8.06. The van der Waals surface area contributed by atoms with Crippen LogP contribution in [0.1, 0.15) is 62.5 Å². The Hall–Kier alpha value is -3.35. The molecule has 3 N–H and O–H groups in total. The van der Waals surface area contributed by atoms with Crippen LogP contribution in [0.3, 0.4) is 0 Å². The lowest BCUT2D eigenvalue weighted by molar-refractivity contribution is -0.138. The topological polar surface area (TPSA) is 105 Å². The van der Waals surface area contributed by atoms with Crippen molar-refractivity contribution in [2.24, 2.45) is 11.8 Å². The van der Waals surface area contributed by atoms with E-state index in [0.29, 0.717) is 13.0 Å². The van der Waals surface area contributed by atoms with Gasteiger partial charge in [-0.1, -0.05) is 68.3 Å². The molecule has 35 heavy (non-hydrogen) atoms. The Morgan fingerprint density at radius 1 is 1.00 bits per heavy atom. The maximum absolute atomic E-state index is 12.9. The van der Waals surface area contributed by atoms with Gasteiger partial charge in [0.05, 0.1) is 6.42 Å². The molecular weight excluding hydrogens is 444 g/mol. The summed E-state index contributed by atoms with van der Waals surface area (Å²) in [4.78, 5) is 36.5. The first-order valence-corrected chi connectivity index (χ1v) is 12.6. The minimum atomic E-state index is -0.922. The van der Waals surface area contributed by atoms with E-state index >= 15 is 0 Å². The lowest BCUT2D eigenvalue weighted by atomic mass is 9.78. The maximum atomic E-state index is 12.9. The SMILES string of the molecule is CC[C@@H](CC(=O)O)NC(=O)[C@@H]1CCCC[C@@H]1CNC(=O)OCC1c2ccccc2-c2ccccc21. The highest BCUT2D eigenvalue weighted by molar-refractivity contribution is 5.81. The number of hydrogen-bond acceptors (Lipinski definition) is 4. The number of rotatable bonds is 9. The summed E-state index contributed by atoms with van der Waals surface area (Å²) >= 11 is 0. The van der Waals surface area contributed by atoms with Crippen LogP contribution in [-0.2, 0) is 14.3 Å². The molecule has 0 spiro atoms. The molecule has 0 heterocycles. The molecule has 7 heteroatoms. The molecule has 2 aliphatic carbocycles. The number of nitrogens with one attached hydrogen (secondary N) is 2. The Morgan fingerprint density at radius 3 is 2.26 bits per heavy atom. The van der Waals surface area contributed by atoms with Crippen molar-refractivity contribution in [2.45, 2.75) is 57.4 Å². The molecule has 2 amide bonds.